The lowest BCUT2D eigenvalue weighted by molar-refractivity contribution is -0.114. The van der Waals surface area contributed by atoms with Crippen LogP contribution in [0.1, 0.15) is 11.1 Å². The minimum atomic E-state index is -3.92. The maximum Gasteiger partial charge on any atom is 0.264 e. The molecule has 1 N–H and O–H groups in total. The van der Waals surface area contributed by atoms with Crippen molar-refractivity contribution in [1.29, 1.82) is 0 Å². The number of hydrogen-bond donors (Lipinski definition) is 1. The van der Waals surface area contributed by atoms with Gasteiger partial charge in [0.2, 0.25) is 5.91 Å². The number of anilines is 2. The second-order valence-corrected chi connectivity index (χ2v) is 9.38. The van der Waals surface area contributed by atoms with Crippen molar-refractivity contribution in [2.24, 2.45) is 0 Å². The molecule has 0 spiro atoms. The lowest BCUT2D eigenvalue weighted by Crippen LogP contribution is -2.38. The zero-order valence-electron chi connectivity index (χ0n) is 16.1. The first kappa shape index (κ1) is 21.1. The normalized spacial score (nSPS) is 11.1. The molecule has 5 nitrogen and oxygen atoms in total. The number of halogens is 1. The fourth-order valence-corrected chi connectivity index (χ4v) is 4.65. The van der Waals surface area contributed by atoms with E-state index in [0.717, 1.165) is 15.6 Å². The van der Waals surface area contributed by atoms with E-state index in [1.807, 2.05) is 19.9 Å². The fourth-order valence-electron chi connectivity index (χ4n) is 2.89. The zero-order valence-corrected chi connectivity index (χ0v) is 18.5. The molecular weight excluding hydrogens is 452 g/mol. The third-order valence-corrected chi connectivity index (χ3v) is 6.89. The third-order valence-electron chi connectivity index (χ3n) is 4.59. The van der Waals surface area contributed by atoms with E-state index in [4.69, 9.17) is 0 Å². The van der Waals surface area contributed by atoms with E-state index in [9.17, 15) is 13.2 Å². The van der Waals surface area contributed by atoms with Crippen LogP contribution in [0.2, 0.25) is 0 Å². The second-order valence-electron chi connectivity index (χ2n) is 6.60. The van der Waals surface area contributed by atoms with Gasteiger partial charge in [0.1, 0.15) is 6.54 Å². The Morgan fingerprint density at radius 2 is 1.59 bits per heavy atom. The molecule has 150 valence electrons. The van der Waals surface area contributed by atoms with Gasteiger partial charge in [-0.3, -0.25) is 9.10 Å². The van der Waals surface area contributed by atoms with Gasteiger partial charge in [-0.2, -0.15) is 0 Å². The summed E-state index contributed by atoms with van der Waals surface area (Å²) in [5, 5.41) is 2.76. The maximum absolute atomic E-state index is 13.4. The quantitative estimate of drug-likeness (QED) is 0.554. The molecule has 0 heterocycles. The highest BCUT2D eigenvalue weighted by Gasteiger charge is 2.28. The molecule has 3 rings (SSSR count). The molecule has 1 amide bonds. The van der Waals surface area contributed by atoms with E-state index in [0.29, 0.717) is 11.4 Å². The van der Waals surface area contributed by atoms with Crippen molar-refractivity contribution in [3.05, 3.63) is 88.4 Å². The lowest BCUT2D eigenvalue weighted by atomic mass is 10.1. The van der Waals surface area contributed by atoms with E-state index in [1.54, 1.807) is 54.6 Å². The Labute approximate surface area is 179 Å². The van der Waals surface area contributed by atoms with E-state index in [1.165, 1.54) is 16.4 Å². The molecule has 0 radical (unpaired) electrons. The number of nitrogens with one attached hydrogen (secondary N) is 1. The number of aryl methyl sites for hydroxylation is 1. The molecule has 0 saturated carbocycles. The Hall–Kier alpha value is -2.64. The Morgan fingerprint density at radius 3 is 2.24 bits per heavy atom. The van der Waals surface area contributed by atoms with E-state index >= 15 is 0 Å². The first-order chi connectivity index (χ1) is 13.8. The molecule has 0 saturated heterocycles. The summed E-state index contributed by atoms with van der Waals surface area (Å²) >= 11 is 3.35. The number of nitrogens with zero attached hydrogens (tertiary/aromatic N) is 1. The van der Waals surface area contributed by atoms with Crippen LogP contribution in [0.5, 0.6) is 0 Å². The summed E-state index contributed by atoms with van der Waals surface area (Å²) in [7, 11) is -3.92. The molecule has 7 heteroatoms. The van der Waals surface area contributed by atoms with Gasteiger partial charge >= 0.3 is 0 Å². The van der Waals surface area contributed by atoms with Crippen LogP contribution in [0.3, 0.4) is 0 Å². The van der Waals surface area contributed by atoms with Crippen LogP contribution in [0.25, 0.3) is 0 Å². The van der Waals surface area contributed by atoms with Crippen LogP contribution in [-0.2, 0) is 14.8 Å². The summed E-state index contributed by atoms with van der Waals surface area (Å²) in [6.45, 7) is 3.43. The van der Waals surface area contributed by atoms with Crippen LogP contribution in [0.15, 0.2) is 82.2 Å². The number of carbonyl (C=O) groups excluding carboxylic acids is 1. The second kappa shape index (κ2) is 8.80. The number of sulfonamides is 1. The van der Waals surface area contributed by atoms with Crippen LogP contribution in [-0.4, -0.2) is 20.9 Å². The summed E-state index contributed by atoms with van der Waals surface area (Å²) in [6.07, 6.45) is 0. The molecule has 0 atom stereocenters. The van der Waals surface area contributed by atoms with E-state index in [-0.39, 0.29) is 11.4 Å². The molecule has 0 fully saturated rings. The van der Waals surface area contributed by atoms with Crippen LogP contribution in [0, 0.1) is 13.8 Å². The maximum atomic E-state index is 13.4. The molecule has 0 aliphatic rings. The van der Waals surface area contributed by atoms with Crippen molar-refractivity contribution in [3.63, 3.8) is 0 Å². The lowest BCUT2D eigenvalue weighted by Gasteiger charge is -2.26. The smallest absolute Gasteiger partial charge is 0.264 e. The molecule has 0 aliphatic heterocycles. The van der Waals surface area contributed by atoms with Crippen molar-refractivity contribution >= 4 is 43.2 Å². The minimum Gasteiger partial charge on any atom is -0.325 e. The van der Waals surface area contributed by atoms with Gasteiger partial charge in [0.05, 0.1) is 10.6 Å². The van der Waals surface area contributed by atoms with Crippen LogP contribution >= 0.6 is 15.9 Å². The number of carbonyl (C=O) groups is 1. The molecule has 0 bridgehead atoms. The third kappa shape index (κ3) is 4.86. The molecule has 0 aromatic heterocycles. The number of hydrogen-bond acceptors (Lipinski definition) is 3. The molecule has 3 aromatic rings. The summed E-state index contributed by atoms with van der Waals surface area (Å²) in [5.74, 6) is -0.423. The first-order valence-electron chi connectivity index (χ1n) is 8.98. The molecule has 0 aliphatic carbocycles. The standard InChI is InChI=1S/C22H21BrN2O3S/c1-16-7-6-10-21(17(16)2)25(29(27,28)20-8-4-3-5-9-20)15-22(26)24-19-13-11-18(23)12-14-19/h3-14H,15H2,1-2H3,(H,24,26). The summed E-state index contributed by atoms with van der Waals surface area (Å²) in [5.41, 5.74) is 2.84. The average molecular weight is 473 g/mol. The Kier molecular flexibility index (Phi) is 6.39. The van der Waals surface area contributed by atoms with Gasteiger partial charge in [0, 0.05) is 10.2 Å². The fraction of sp³-hybridized carbons (Fsp3) is 0.136. The van der Waals surface area contributed by atoms with Gasteiger partial charge in [-0.15, -0.1) is 0 Å². The molecular formula is C22H21BrN2O3S. The van der Waals surface area contributed by atoms with Gasteiger partial charge < -0.3 is 5.32 Å². The predicted octanol–water partition coefficient (Wildman–Crippen LogP) is 4.90. The number of benzene rings is 3. The summed E-state index contributed by atoms with van der Waals surface area (Å²) < 4.78 is 28.8. The Balaban J connectivity index is 1.98. The topological polar surface area (TPSA) is 66.5 Å². The minimum absolute atomic E-state index is 0.136. The van der Waals surface area contributed by atoms with Gasteiger partial charge in [-0.25, -0.2) is 8.42 Å². The van der Waals surface area contributed by atoms with Crippen molar-refractivity contribution in [2.45, 2.75) is 18.7 Å². The highest BCUT2D eigenvalue weighted by Crippen LogP contribution is 2.28. The van der Waals surface area contributed by atoms with Crippen molar-refractivity contribution in [1.82, 2.24) is 0 Å². The monoisotopic (exact) mass is 472 g/mol. The molecule has 29 heavy (non-hydrogen) atoms. The SMILES string of the molecule is Cc1cccc(N(CC(=O)Nc2ccc(Br)cc2)S(=O)(=O)c2ccccc2)c1C. The largest absolute Gasteiger partial charge is 0.325 e. The summed E-state index contributed by atoms with van der Waals surface area (Å²) in [6, 6.07) is 20.7. The van der Waals surface area contributed by atoms with Gasteiger partial charge in [0.25, 0.3) is 10.0 Å². The Morgan fingerprint density at radius 1 is 0.931 bits per heavy atom. The number of amides is 1. The summed E-state index contributed by atoms with van der Waals surface area (Å²) in [4.78, 5) is 12.9. The van der Waals surface area contributed by atoms with Gasteiger partial charge in [-0.1, -0.05) is 46.3 Å². The van der Waals surface area contributed by atoms with Crippen molar-refractivity contribution in [3.8, 4) is 0 Å². The zero-order chi connectivity index (χ0) is 21.0. The highest BCUT2D eigenvalue weighted by atomic mass is 79.9. The Bertz CT molecular complexity index is 1110. The number of rotatable bonds is 6. The van der Waals surface area contributed by atoms with Crippen LogP contribution in [0.4, 0.5) is 11.4 Å². The predicted molar refractivity (Wildman–Crippen MR) is 120 cm³/mol. The molecule has 0 unspecified atom stereocenters. The first-order valence-corrected chi connectivity index (χ1v) is 11.2. The van der Waals surface area contributed by atoms with Gasteiger partial charge in [-0.05, 0) is 67.4 Å². The average Bonchev–Trinajstić information content (AvgIpc) is 2.71. The van der Waals surface area contributed by atoms with E-state index in [2.05, 4.69) is 21.2 Å². The van der Waals surface area contributed by atoms with Crippen molar-refractivity contribution < 1.29 is 13.2 Å². The van der Waals surface area contributed by atoms with Crippen LogP contribution < -0.4 is 9.62 Å². The highest BCUT2D eigenvalue weighted by molar-refractivity contribution is 9.10. The van der Waals surface area contributed by atoms with E-state index < -0.39 is 15.9 Å². The van der Waals surface area contributed by atoms with Gasteiger partial charge in [0.15, 0.2) is 0 Å². The van der Waals surface area contributed by atoms with Crippen molar-refractivity contribution in [2.75, 3.05) is 16.2 Å². The molecule has 3 aromatic carbocycles.